The van der Waals surface area contributed by atoms with Gasteiger partial charge in [0, 0.05) is 11.3 Å². The lowest BCUT2D eigenvalue weighted by atomic mass is 10.2. The fourth-order valence-corrected chi connectivity index (χ4v) is 1.80. The molecule has 0 atom stereocenters. The fourth-order valence-electron chi connectivity index (χ4n) is 1.42. The van der Waals surface area contributed by atoms with Gasteiger partial charge in [0.1, 0.15) is 11.5 Å². The summed E-state index contributed by atoms with van der Waals surface area (Å²) in [5, 5.41) is 0. The van der Waals surface area contributed by atoms with E-state index in [1.807, 2.05) is 0 Å². The van der Waals surface area contributed by atoms with E-state index in [9.17, 15) is 9.18 Å². The molecule has 1 heterocycles. The van der Waals surface area contributed by atoms with Gasteiger partial charge in [0.05, 0.1) is 4.47 Å². The van der Waals surface area contributed by atoms with E-state index in [1.54, 1.807) is 25.1 Å². The Morgan fingerprint density at radius 3 is 2.71 bits per heavy atom. The quantitative estimate of drug-likeness (QED) is 0.799. The largest absolute Gasteiger partial charge is 0.296 e. The number of carbonyl (C=O) groups is 1. The number of aldehydes is 1. The first-order valence-corrected chi connectivity index (χ1v) is 5.66. The zero-order valence-corrected chi connectivity index (χ0v) is 10.5. The van der Waals surface area contributed by atoms with Crippen LogP contribution >= 0.6 is 15.9 Å². The predicted octanol–water partition coefficient (Wildman–Crippen LogP) is 3.17. The van der Waals surface area contributed by atoms with Crippen LogP contribution in [-0.4, -0.2) is 16.3 Å². The van der Waals surface area contributed by atoms with Crippen molar-refractivity contribution in [1.29, 1.82) is 0 Å². The molecule has 3 nitrogen and oxygen atoms in total. The van der Waals surface area contributed by atoms with Crippen molar-refractivity contribution in [3.8, 4) is 11.4 Å². The van der Waals surface area contributed by atoms with Gasteiger partial charge in [-0.1, -0.05) is 0 Å². The zero-order chi connectivity index (χ0) is 12.4. The van der Waals surface area contributed by atoms with Crippen LogP contribution in [0.3, 0.4) is 0 Å². The van der Waals surface area contributed by atoms with Gasteiger partial charge in [-0.25, -0.2) is 14.4 Å². The highest BCUT2D eigenvalue weighted by molar-refractivity contribution is 9.10. The van der Waals surface area contributed by atoms with Crippen molar-refractivity contribution in [2.75, 3.05) is 0 Å². The number of aromatic nitrogens is 2. The number of nitrogens with zero attached hydrogens (tertiary/aromatic N) is 2. The summed E-state index contributed by atoms with van der Waals surface area (Å²) in [4.78, 5) is 19.0. The maximum absolute atomic E-state index is 13.1. The average molecular weight is 295 g/mol. The van der Waals surface area contributed by atoms with Gasteiger partial charge < -0.3 is 0 Å². The molecule has 0 bridgehead atoms. The Balaban J connectivity index is 2.55. The number of rotatable bonds is 2. The van der Waals surface area contributed by atoms with Gasteiger partial charge in [-0.3, -0.25) is 4.79 Å². The van der Waals surface area contributed by atoms with Crippen molar-refractivity contribution in [3.05, 3.63) is 45.9 Å². The Morgan fingerprint density at radius 2 is 2.06 bits per heavy atom. The Bertz CT molecular complexity index is 587. The molecule has 0 saturated carbocycles. The van der Waals surface area contributed by atoms with Gasteiger partial charge in [0.15, 0.2) is 12.1 Å². The van der Waals surface area contributed by atoms with E-state index in [4.69, 9.17) is 0 Å². The molecule has 5 heteroatoms. The molecule has 2 aromatic rings. The summed E-state index contributed by atoms with van der Waals surface area (Å²) in [6, 6.07) is 6.07. The second-order valence-electron chi connectivity index (χ2n) is 3.50. The minimum Gasteiger partial charge on any atom is -0.296 e. The summed E-state index contributed by atoms with van der Waals surface area (Å²) in [5.41, 5.74) is 1.66. The van der Waals surface area contributed by atoms with Crippen LogP contribution in [0, 0.1) is 12.7 Å². The Hall–Kier alpha value is -1.62. The van der Waals surface area contributed by atoms with Crippen molar-refractivity contribution in [3.63, 3.8) is 0 Å². The third-order valence-corrected chi connectivity index (χ3v) is 2.78. The number of carbonyl (C=O) groups excluding carboxylic acids is 1. The van der Waals surface area contributed by atoms with Crippen LogP contribution in [-0.2, 0) is 0 Å². The highest BCUT2D eigenvalue weighted by Crippen LogP contribution is 2.23. The van der Waals surface area contributed by atoms with Crippen LogP contribution in [0.15, 0.2) is 28.7 Å². The first kappa shape index (κ1) is 11.9. The summed E-state index contributed by atoms with van der Waals surface area (Å²) < 4.78 is 13.4. The molecule has 17 heavy (non-hydrogen) atoms. The van der Waals surface area contributed by atoms with Crippen LogP contribution in [0.25, 0.3) is 11.4 Å². The first-order valence-electron chi connectivity index (χ1n) is 4.86. The van der Waals surface area contributed by atoms with Crippen molar-refractivity contribution in [2.24, 2.45) is 0 Å². The molecular weight excluding hydrogens is 287 g/mol. The van der Waals surface area contributed by atoms with Gasteiger partial charge in [-0.15, -0.1) is 0 Å². The highest BCUT2D eigenvalue weighted by Gasteiger charge is 2.07. The molecule has 1 aromatic heterocycles. The molecule has 0 N–H and O–H groups in total. The molecule has 0 radical (unpaired) electrons. The van der Waals surface area contributed by atoms with Crippen LogP contribution in [0.2, 0.25) is 0 Å². The lowest BCUT2D eigenvalue weighted by molar-refractivity contribution is 0.111. The van der Waals surface area contributed by atoms with Crippen LogP contribution in [0.4, 0.5) is 4.39 Å². The van der Waals surface area contributed by atoms with Crippen LogP contribution in [0.1, 0.15) is 16.2 Å². The highest BCUT2D eigenvalue weighted by atomic mass is 79.9. The summed E-state index contributed by atoms with van der Waals surface area (Å²) in [5.74, 6) is 0.0600. The zero-order valence-electron chi connectivity index (χ0n) is 8.95. The monoisotopic (exact) mass is 294 g/mol. The normalized spacial score (nSPS) is 10.3. The molecule has 0 saturated heterocycles. The molecule has 1 aromatic carbocycles. The molecule has 0 fully saturated rings. The molecule has 86 valence electrons. The Morgan fingerprint density at radius 1 is 1.29 bits per heavy atom. The lowest BCUT2D eigenvalue weighted by Crippen LogP contribution is -1.97. The summed E-state index contributed by atoms with van der Waals surface area (Å²) in [7, 11) is 0. The number of hydrogen-bond acceptors (Lipinski definition) is 3. The smallest absolute Gasteiger partial charge is 0.168 e. The van der Waals surface area contributed by atoms with Crippen molar-refractivity contribution in [1.82, 2.24) is 9.97 Å². The molecule has 0 aliphatic heterocycles. The van der Waals surface area contributed by atoms with E-state index in [-0.39, 0.29) is 5.82 Å². The molecule has 0 aliphatic rings. The van der Waals surface area contributed by atoms with Crippen LogP contribution < -0.4 is 0 Å². The van der Waals surface area contributed by atoms with E-state index >= 15 is 0 Å². The van der Waals surface area contributed by atoms with E-state index < -0.39 is 0 Å². The van der Waals surface area contributed by atoms with Crippen molar-refractivity contribution < 1.29 is 9.18 Å². The maximum Gasteiger partial charge on any atom is 0.168 e. The topological polar surface area (TPSA) is 42.9 Å². The molecule has 2 rings (SSSR count). The van der Waals surface area contributed by atoms with Gasteiger partial charge in [0.2, 0.25) is 0 Å². The van der Waals surface area contributed by atoms with Gasteiger partial charge in [-0.05, 0) is 47.1 Å². The third-order valence-electron chi connectivity index (χ3n) is 2.17. The van der Waals surface area contributed by atoms with E-state index in [0.717, 1.165) is 0 Å². The van der Waals surface area contributed by atoms with Crippen molar-refractivity contribution in [2.45, 2.75) is 6.92 Å². The van der Waals surface area contributed by atoms with E-state index in [2.05, 4.69) is 25.9 Å². The van der Waals surface area contributed by atoms with Gasteiger partial charge in [0.25, 0.3) is 0 Å². The summed E-state index contributed by atoms with van der Waals surface area (Å²) >= 11 is 3.10. The third kappa shape index (κ3) is 2.55. The van der Waals surface area contributed by atoms with Gasteiger partial charge in [-0.2, -0.15) is 0 Å². The second-order valence-corrected chi connectivity index (χ2v) is 4.36. The summed E-state index contributed by atoms with van der Waals surface area (Å²) in [6.07, 6.45) is 0.663. The number of aryl methyl sites for hydroxylation is 1. The van der Waals surface area contributed by atoms with Crippen LogP contribution in [0.5, 0.6) is 0 Å². The van der Waals surface area contributed by atoms with Gasteiger partial charge >= 0.3 is 0 Å². The van der Waals surface area contributed by atoms with Crippen molar-refractivity contribution >= 4 is 22.2 Å². The molecular formula is C12H8BrFN2O. The lowest BCUT2D eigenvalue weighted by Gasteiger charge is -2.03. The number of halogens is 2. The average Bonchev–Trinajstić information content (AvgIpc) is 2.32. The van der Waals surface area contributed by atoms with E-state index in [1.165, 1.54) is 6.07 Å². The minimum absolute atomic E-state index is 0.313. The fraction of sp³-hybridized carbons (Fsp3) is 0.0833. The standard InChI is InChI=1S/C12H8BrFN2O/c1-7-4-9(6-17)16-12(15-7)8-2-3-11(14)10(13)5-8/h2-6H,1H3. The predicted molar refractivity (Wildman–Crippen MR) is 65.3 cm³/mol. The minimum atomic E-state index is -0.350. The molecule has 0 aliphatic carbocycles. The molecule has 0 unspecified atom stereocenters. The molecule has 0 spiro atoms. The second kappa shape index (κ2) is 4.71. The summed E-state index contributed by atoms with van der Waals surface area (Å²) in [6.45, 7) is 1.77. The number of hydrogen-bond donors (Lipinski definition) is 0. The van der Waals surface area contributed by atoms with E-state index in [0.29, 0.717) is 33.5 Å². The first-order chi connectivity index (χ1) is 8.10. The molecule has 0 amide bonds. The SMILES string of the molecule is Cc1cc(C=O)nc(-c2ccc(F)c(Br)c2)n1. The Labute approximate surface area is 106 Å². The Kier molecular flexibility index (Phi) is 3.28. The number of benzene rings is 1. The maximum atomic E-state index is 13.1.